The molecule has 1 N–H and O–H groups in total. The van der Waals surface area contributed by atoms with Crippen molar-refractivity contribution < 1.29 is 4.79 Å². The van der Waals surface area contributed by atoms with Crippen LogP contribution >= 0.6 is 0 Å². The molecular formula is C24H26N4O. The summed E-state index contributed by atoms with van der Waals surface area (Å²) in [4.78, 5) is 15.6. The highest BCUT2D eigenvalue weighted by atomic mass is 16.2. The monoisotopic (exact) mass is 386 g/mol. The summed E-state index contributed by atoms with van der Waals surface area (Å²) in [7, 11) is 0. The third-order valence-corrected chi connectivity index (χ3v) is 6.18. The molecule has 2 aliphatic rings. The van der Waals surface area contributed by atoms with Gasteiger partial charge in [0.1, 0.15) is 5.69 Å². The van der Waals surface area contributed by atoms with E-state index in [0.717, 1.165) is 43.0 Å². The molecule has 3 aromatic rings. The normalized spacial score (nSPS) is 21.6. The third kappa shape index (κ3) is 3.58. The molecule has 0 radical (unpaired) electrons. The molecule has 0 aliphatic carbocycles. The Bertz CT molecular complexity index is 983. The lowest BCUT2D eigenvalue weighted by Gasteiger charge is -2.41. The Morgan fingerprint density at radius 3 is 2.55 bits per heavy atom. The topological polar surface area (TPSA) is 50.2 Å². The number of nitrogens with zero attached hydrogens (tertiary/aromatic N) is 3. The summed E-state index contributed by atoms with van der Waals surface area (Å²) >= 11 is 0. The van der Waals surface area contributed by atoms with Gasteiger partial charge in [-0.3, -0.25) is 4.79 Å². The molecule has 2 atom stereocenters. The molecule has 2 saturated heterocycles. The van der Waals surface area contributed by atoms with Crippen LogP contribution in [0.3, 0.4) is 0 Å². The molecule has 5 heteroatoms. The van der Waals surface area contributed by atoms with Gasteiger partial charge >= 0.3 is 0 Å². The maximum atomic E-state index is 13.6. The lowest BCUT2D eigenvalue weighted by molar-refractivity contribution is 0.0584. The van der Waals surface area contributed by atoms with Crippen molar-refractivity contribution in [3.8, 4) is 16.9 Å². The fourth-order valence-corrected chi connectivity index (χ4v) is 4.64. The highest BCUT2D eigenvalue weighted by Crippen LogP contribution is 2.28. The molecule has 3 heterocycles. The molecule has 2 aliphatic heterocycles. The second-order valence-electron chi connectivity index (χ2n) is 8.03. The van der Waals surface area contributed by atoms with Crippen molar-refractivity contribution in [2.24, 2.45) is 5.92 Å². The number of hydrogen-bond acceptors (Lipinski definition) is 3. The lowest BCUT2D eigenvalue weighted by atomic mass is 9.85. The summed E-state index contributed by atoms with van der Waals surface area (Å²) in [5.74, 6) is 0.635. The number of para-hydroxylation sites is 1. The first kappa shape index (κ1) is 18.1. The van der Waals surface area contributed by atoms with E-state index in [9.17, 15) is 4.79 Å². The lowest BCUT2D eigenvalue weighted by Crippen LogP contribution is -2.53. The second-order valence-corrected chi connectivity index (χ2v) is 8.03. The number of piperidine rings is 2. The molecule has 0 spiro atoms. The Kier molecular flexibility index (Phi) is 4.90. The number of rotatable bonds is 3. The molecule has 0 bridgehead atoms. The number of nitrogens with one attached hydrogen (secondary N) is 1. The Morgan fingerprint density at radius 1 is 1.00 bits per heavy atom. The molecule has 1 amide bonds. The number of aromatic nitrogens is 2. The number of benzene rings is 2. The van der Waals surface area contributed by atoms with Crippen molar-refractivity contribution >= 4 is 5.91 Å². The van der Waals surface area contributed by atoms with Crippen LogP contribution in [0.1, 0.15) is 29.8 Å². The minimum absolute atomic E-state index is 0.0764. The zero-order valence-corrected chi connectivity index (χ0v) is 16.5. The summed E-state index contributed by atoms with van der Waals surface area (Å²) < 4.78 is 1.80. The first-order chi connectivity index (χ1) is 14.3. The molecule has 29 heavy (non-hydrogen) atoms. The van der Waals surface area contributed by atoms with Crippen LogP contribution in [0.5, 0.6) is 0 Å². The van der Waals surface area contributed by atoms with E-state index in [-0.39, 0.29) is 5.91 Å². The molecule has 148 valence electrons. The minimum atomic E-state index is 0.0764. The van der Waals surface area contributed by atoms with Crippen molar-refractivity contribution in [2.75, 3.05) is 19.6 Å². The maximum Gasteiger partial charge on any atom is 0.272 e. The summed E-state index contributed by atoms with van der Waals surface area (Å²) in [6.07, 6.45) is 3.43. The quantitative estimate of drug-likeness (QED) is 0.746. The van der Waals surface area contributed by atoms with Gasteiger partial charge in [-0.15, -0.1) is 0 Å². The van der Waals surface area contributed by atoms with Crippen LogP contribution in [0, 0.1) is 5.92 Å². The average Bonchev–Trinajstić information content (AvgIpc) is 3.25. The second kappa shape index (κ2) is 7.84. The first-order valence-electron chi connectivity index (χ1n) is 10.5. The fourth-order valence-electron chi connectivity index (χ4n) is 4.64. The van der Waals surface area contributed by atoms with E-state index in [1.54, 1.807) is 4.68 Å². The highest BCUT2D eigenvalue weighted by Gasteiger charge is 2.34. The van der Waals surface area contributed by atoms with Gasteiger partial charge in [0.2, 0.25) is 0 Å². The molecule has 0 saturated carbocycles. The van der Waals surface area contributed by atoms with Gasteiger partial charge in [0.05, 0.1) is 11.4 Å². The summed E-state index contributed by atoms with van der Waals surface area (Å²) in [6, 6.07) is 22.5. The van der Waals surface area contributed by atoms with E-state index in [1.807, 2.05) is 71.6 Å². The van der Waals surface area contributed by atoms with Crippen LogP contribution in [0.4, 0.5) is 0 Å². The largest absolute Gasteiger partial charge is 0.337 e. The van der Waals surface area contributed by atoms with E-state index in [0.29, 0.717) is 17.7 Å². The smallest absolute Gasteiger partial charge is 0.272 e. The van der Waals surface area contributed by atoms with Gasteiger partial charge in [0, 0.05) is 24.7 Å². The fraction of sp³-hybridized carbons (Fsp3) is 0.333. The standard InChI is InChI=1S/C24H26N4O/c29-24(27-15-13-21-19(17-27)10-7-14-25-21)23-16-22(18-8-3-1-4-9-18)26-28(23)20-11-5-2-6-12-20/h1-6,8-9,11-12,16,19,21,25H,7,10,13-15,17H2/t19-,21+/m1/s1. The maximum absolute atomic E-state index is 13.6. The minimum Gasteiger partial charge on any atom is -0.337 e. The zero-order chi connectivity index (χ0) is 19.6. The van der Waals surface area contributed by atoms with Crippen molar-refractivity contribution in [1.82, 2.24) is 20.0 Å². The average molecular weight is 386 g/mol. The van der Waals surface area contributed by atoms with Gasteiger partial charge in [-0.05, 0) is 49.9 Å². The molecular weight excluding hydrogens is 360 g/mol. The number of carbonyl (C=O) groups is 1. The van der Waals surface area contributed by atoms with Gasteiger partial charge in [0.25, 0.3) is 5.91 Å². The Morgan fingerprint density at radius 2 is 1.76 bits per heavy atom. The number of carbonyl (C=O) groups excluding carboxylic acids is 1. The zero-order valence-electron chi connectivity index (χ0n) is 16.5. The van der Waals surface area contributed by atoms with Crippen molar-refractivity contribution in [2.45, 2.75) is 25.3 Å². The van der Waals surface area contributed by atoms with E-state index in [1.165, 1.54) is 12.8 Å². The SMILES string of the molecule is O=C(c1cc(-c2ccccc2)nn1-c1ccccc1)N1CC[C@@H]2NCCC[C@@H]2C1. The van der Waals surface area contributed by atoms with E-state index in [4.69, 9.17) is 5.10 Å². The van der Waals surface area contributed by atoms with Crippen molar-refractivity contribution in [1.29, 1.82) is 0 Å². The number of likely N-dealkylation sites (tertiary alicyclic amines) is 1. The van der Waals surface area contributed by atoms with Gasteiger partial charge in [0.15, 0.2) is 0 Å². The number of amides is 1. The third-order valence-electron chi connectivity index (χ3n) is 6.18. The Hall–Kier alpha value is -2.92. The van der Waals surface area contributed by atoms with E-state index >= 15 is 0 Å². The van der Waals surface area contributed by atoms with Crippen LogP contribution in [0.25, 0.3) is 16.9 Å². The molecule has 5 nitrogen and oxygen atoms in total. The van der Waals surface area contributed by atoms with Crippen LogP contribution in [0.2, 0.25) is 0 Å². The van der Waals surface area contributed by atoms with E-state index in [2.05, 4.69) is 5.32 Å². The van der Waals surface area contributed by atoms with Gasteiger partial charge in [-0.1, -0.05) is 48.5 Å². The summed E-state index contributed by atoms with van der Waals surface area (Å²) in [5.41, 5.74) is 3.39. The Labute approximate surface area is 171 Å². The van der Waals surface area contributed by atoms with Crippen LogP contribution < -0.4 is 5.32 Å². The van der Waals surface area contributed by atoms with Crippen LogP contribution in [-0.2, 0) is 0 Å². The van der Waals surface area contributed by atoms with Gasteiger partial charge in [-0.2, -0.15) is 5.10 Å². The predicted octanol–water partition coefficient (Wildman–Crippen LogP) is 3.75. The van der Waals surface area contributed by atoms with Crippen molar-refractivity contribution in [3.05, 3.63) is 72.4 Å². The van der Waals surface area contributed by atoms with Gasteiger partial charge < -0.3 is 10.2 Å². The van der Waals surface area contributed by atoms with Crippen LogP contribution in [-0.4, -0.2) is 46.3 Å². The predicted molar refractivity (Wildman–Crippen MR) is 114 cm³/mol. The Balaban J connectivity index is 1.49. The highest BCUT2D eigenvalue weighted by molar-refractivity contribution is 5.94. The molecule has 2 aromatic carbocycles. The van der Waals surface area contributed by atoms with Gasteiger partial charge in [-0.25, -0.2) is 4.68 Å². The molecule has 0 unspecified atom stereocenters. The molecule has 2 fully saturated rings. The number of fused-ring (bicyclic) bond motifs is 1. The first-order valence-corrected chi connectivity index (χ1v) is 10.5. The summed E-state index contributed by atoms with van der Waals surface area (Å²) in [5, 5.41) is 8.43. The van der Waals surface area contributed by atoms with Crippen LogP contribution in [0.15, 0.2) is 66.7 Å². The molecule has 1 aromatic heterocycles. The number of hydrogen-bond donors (Lipinski definition) is 1. The summed E-state index contributed by atoms with van der Waals surface area (Å²) in [6.45, 7) is 2.74. The molecule has 5 rings (SSSR count). The van der Waals surface area contributed by atoms with Crippen molar-refractivity contribution in [3.63, 3.8) is 0 Å². The van der Waals surface area contributed by atoms with E-state index < -0.39 is 0 Å².